The lowest BCUT2D eigenvalue weighted by molar-refractivity contribution is -0.117. The number of carbonyl (C=O) groups is 2. The number of hydrogen-bond acceptors (Lipinski definition) is 3. The van der Waals surface area contributed by atoms with E-state index in [1.807, 2.05) is 30.3 Å². The Labute approximate surface area is 177 Å². The van der Waals surface area contributed by atoms with E-state index in [9.17, 15) is 9.59 Å². The summed E-state index contributed by atoms with van der Waals surface area (Å²) in [6, 6.07) is 23.8. The summed E-state index contributed by atoms with van der Waals surface area (Å²) in [5.74, 6) is 0.267. The fourth-order valence-corrected chi connectivity index (χ4v) is 3.24. The molecule has 5 nitrogen and oxygen atoms in total. The fraction of sp³-hybridized carbons (Fsp3) is 0.200. The van der Waals surface area contributed by atoms with E-state index in [1.165, 1.54) is 0 Å². The van der Waals surface area contributed by atoms with E-state index in [1.54, 1.807) is 55.6 Å². The Morgan fingerprint density at radius 2 is 1.43 bits per heavy atom. The minimum atomic E-state index is -0.216. The van der Waals surface area contributed by atoms with Crippen molar-refractivity contribution >= 4 is 23.2 Å². The maximum atomic E-state index is 12.8. The molecule has 3 aromatic rings. The van der Waals surface area contributed by atoms with Crippen LogP contribution in [0.25, 0.3) is 0 Å². The van der Waals surface area contributed by atoms with Gasteiger partial charge in [-0.25, -0.2) is 0 Å². The van der Waals surface area contributed by atoms with Gasteiger partial charge >= 0.3 is 0 Å². The summed E-state index contributed by atoms with van der Waals surface area (Å²) in [5, 5.41) is 5.81. The molecular weight excluding hydrogens is 376 g/mol. The average Bonchev–Trinajstić information content (AvgIpc) is 2.79. The van der Waals surface area contributed by atoms with Crippen molar-refractivity contribution in [2.75, 3.05) is 17.7 Å². The Bertz CT molecular complexity index is 968. The zero-order valence-electron chi connectivity index (χ0n) is 17.2. The van der Waals surface area contributed by atoms with E-state index in [0.717, 1.165) is 24.2 Å². The summed E-state index contributed by atoms with van der Waals surface area (Å²) < 4.78 is 5.12. The predicted molar refractivity (Wildman–Crippen MR) is 120 cm³/mol. The van der Waals surface area contributed by atoms with Crippen LogP contribution in [-0.2, 0) is 4.79 Å². The summed E-state index contributed by atoms with van der Waals surface area (Å²) in [6.45, 7) is 2.07. The first kappa shape index (κ1) is 21.1. The second-order valence-electron chi connectivity index (χ2n) is 7.00. The molecule has 0 saturated heterocycles. The quantitative estimate of drug-likeness (QED) is 0.525. The molecule has 3 aromatic carbocycles. The molecule has 0 aliphatic heterocycles. The molecule has 0 aromatic heterocycles. The highest BCUT2D eigenvalue weighted by molar-refractivity contribution is 6.04. The molecule has 0 aliphatic carbocycles. The Hall–Kier alpha value is -3.60. The van der Waals surface area contributed by atoms with Gasteiger partial charge in [0.1, 0.15) is 5.75 Å². The Balaban J connectivity index is 1.64. The highest BCUT2D eigenvalue weighted by atomic mass is 16.5. The van der Waals surface area contributed by atoms with Crippen molar-refractivity contribution in [2.24, 2.45) is 0 Å². The smallest absolute Gasteiger partial charge is 0.255 e. The topological polar surface area (TPSA) is 67.4 Å². The summed E-state index contributed by atoms with van der Waals surface area (Å²) in [5.41, 5.74) is 2.87. The average molecular weight is 402 g/mol. The van der Waals surface area contributed by atoms with E-state index < -0.39 is 0 Å². The molecule has 0 heterocycles. The van der Waals surface area contributed by atoms with Gasteiger partial charge in [-0.1, -0.05) is 43.7 Å². The molecule has 2 N–H and O–H groups in total. The molecular formula is C25H26N2O3. The van der Waals surface area contributed by atoms with Crippen molar-refractivity contribution in [2.45, 2.75) is 25.7 Å². The van der Waals surface area contributed by atoms with Crippen molar-refractivity contribution in [1.29, 1.82) is 0 Å². The van der Waals surface area contributed by atoms with Crippen LogP contribution in [-0.4, -0.2) is 18.9 Å². The summed E-state index contributed by atoms with van der Waals surface area (Å²) in [4.78, 5) is 25.3. The number of ether oxygens (including phenoxy) is 1. The Morgan fingerprint density at radius 3 is 2.03 bits per heavy atom. The van der Waals surface area contributed by atoms with Crippen LogP contribution >= 0.6 is 0 Å². The van der Waals surface area contributed by atoms with Gasteiger partial charge in [0.05, 0.1) is 13.0 Å². The summed E-state index contributed by atoms with van der Waals surface area (Å²) in [7, 11) is 1.60. The van der Waals surface area contributed by atoms with Gasteiger partial charge in [-0.15, -0.1) is 0 Å². The lowest BCUT2D eigenvalue weighted by Crippen LogP contribution is -2.21. The zero-order chi connectivity index (χ0) is 21.3. The third-order valence-corrected chi connectivity index (χ3v) is 4.86. The Kier molecular flexibility index (Phi) is 7.22. The second-order valence-corrected chi connectivity index (χ2v) is 7.00. The maximum Gasteiger partial charge on any atom is 0.255 e. The van der Waals surface area contributed by atoms with Crippen LogP contribution < -0.4 is 15.4 Å². The van der Waals surface area contributed by atoms with Crippen molar-refractivity contribution in [3.05, 3.63) is 90.0 Å². The lowest BCUT2D eigenvalue weighted by Gasteiger charge is -2.17. The molecule has 30 heavy (non-hydrogen) atoms. The minimum absolute atomic E-state index is 0.0431. The third kappa shape index (κ3) is 5.47. The number of carbonyl (C=O) groups excluding carboxylic acids is 2. The van der Waals surface area contributed by atoms with E-state index in [2.05, 4.69) is 17.6 Å². The molecule has 154 valence electrons. The number of nitrogens with one attached hydrogen (secondary N) is 2. The fourth-order valence-electron chi connectivity index (χ4n) is 3.24. The van der Waals surface area contributed by atoms with E-state index in [4.69, 9.17) is 4.74 Å². The predicted octanol–water partition coefficient (Wildman–Crippen LogP) is 5.47. The molecule has 1 unspecified atom stereocenters. The van der Waals surface area contributed by atoms with Crippen LogP contribution in [0, 0.1) is 0 Å². The van der Waals surface area contributed by atoms with E-state index >= 15 is 0 Å². The molecule has 0 aliphatic rings. The molecule has 0 radical (unpaired) electrons. The number of anilines is 2. The van der Waals surface area contributed by atoms with Crippen LogP contribution in [0.4, 0.5) is 11.4 Å². The monoisotopic (exact) mass is 402 g/mol. The molecule has 0 fully saturated rings. The van der Waals surface area contributed by atoms with Crippen molar-refractivity contribution in [1.82, 2.24) is 0 Å². The largest absolute Gasteiger partial charge is 0.497 e. The normalized spacial score (nSPS) is 11.4. The second kappa shape index (κ2) is 10.3. The number of methoxy groups -OCH3 is 1. The van der Waals surface area contributed by atoms with Gasteiger partial charge in [-0.2, -0.15) is 0 Å². The molecule has 3 rings (SSSR count). The number of amides is 2. The maximum absolute atomic E-state index is 12.8. The zero-order valence-corrected chi connectivity index (χ0v) is 17.2. The number of hydrogen-bond donors (Lipinski definition) is 2. The molecule has 0 spiro atoms. The van der Waals surface area contributed by atoms with Crippen LogP contribution in [0.15, 0.2) is 78.9 Å². The van der Waals surface area contributed by atoms with Gasteiger partial charge in [-0.3, -0.25) is 9.59 Å². The van der Waals surface area contributed by atoms with Gasteiger partial charge in [0.2, 0.25) is 5.91 Å². The van der Waals surface area contributed by atoms with Gasteiger partial charge in [0.25, 0.3) is 5.91 Å². The van der Waals surface area contributed by atoms with Crippen LogP contribution in [0.3, 0.4) is 0 Å². The Morgan fingerprint density at radius 1 is 0.833 bits per heavy atom. The highest BCUT2D eigenvalue weighted by Gasteiger charge is 2.19. The SMILES string of the molecule is CCCC(C(=O)Nc1ccc(C(=O)Nc2ccc(OC)cc2)cc1)c1ccccc1. The first-order chi connectivity index (χ1) is 14.6. The molecule has 5 heteroatoms. The van der Waals surface area contributed by atoms with Crippen molar-refractivity contribution < 1.29 is 14.3 Å². The van der Waals surface area contributed by atoms with Gasteiger partial charge in [0, 0.05) is 16.9 Å². The van der Waals surface area contributed by atoms with Crippen molar-refractivity contribution in [3.63, 3.8) is 0 Å². The molecule has 0 saturated carbocycles. The highest BCUT2D eigenvalue weighted by Crippen LogP contribution is 2.23. The third-order valence-electron chi connectivity index (χ3n) is 4.86. The number of rotatable bonds is 8. The lowest BCUT2D eigenvalue weighted by atomic mass is 9.93. The van der Waals surface area contributed by atoms with E-state index in [0.29, 0.717) is 16.9 Å². The molecule has 2 amide bonds. The summed E-state index contributed by atoms with van der Waals surface area (Å²) in [6.07, 6.45) is 1.69. The summed E-state index contributed by atoms with van der Waals surface area (Å²) >= 11 is 0. The molecule has 0 bridgehead atoms. The van der Waals surface area contributed by atoms with Crippen LogP contribution in [0.2, 0.25) is 0 Å². The van der Waals surface area contributed by atoms with E-state index in [-0.39, 0.29) is 17.7 Å². The first-order valence-electron chi connectivity index (χ1n) is 10.0. The van der Waals surface area contributed by atoms with Crippen LogP contribution in [0.1, 0.15) is 41.6 Å². The van der Waals surface area contributed by atoms with Crippen molar-refractivity contribution in [3.8, 4) is 5.75 Å². The van der Waals surface area contributed by atoms with Gasteiger partial charge in [0.15, 0.2) is 0 Å². The first-order valence-corrected chi connectivity index (χ1v) is 10.0. The van der Waals surface area contributed by atoms with Crippen LogP contribution in [0.5, 0.6) is 5.75 Å². The standard InChI is InChI=1S/C25H26N2O3/c1-3-7-23(18-8-5-4-6-9-18)25(29)27-20-12-10-19(11-13-20)24(28)26-21-14-16-22(30-2)17-15-21/h4-6,8-17,23H,3,7H2,1-2H3,(H,26,28)(H,27,29). The molecule has 1 atom stereocenters. The number of benzene rings is 3. The minimum Gasteiger partial charge on any atom is -0.497 e. The van der Waals surface area contributed by atoms with Gasteiger partial charge in [-0.05, 0) is 60.5 Å². The van der Waals surface area contributed by atoms with Gasteiger partial charge < -0.3 is 15.4 Å².